The monoisotopic (exact) mass is 283 g/mol. The molecule has 2 fully saturated rings. The van der Waals surface area contributed by atoms with Crippen LogP contribution in [0.1, 0.15) is 30.7 Å². The van der Waals surface area contributed by atoms with Crippen LogP contribution < -0.4 is 5.73 Å². The molecule has 0 heterocycles. The van der Waals surface area contributed by atoms with Crippen molar-refractivity contribution in [1.82, 2.24) is 0 Å². The van der Waals surface area contributed by atoms with Crippen molar-refractivity contribution in [2.45, 2.75) is 31.3 Å². The third-order valence-electron chi connectivity index (χ3n) is 4.90. The van der Waals surface area contributed by atoms with Gasteiger partial charge >= 0.3 is 0 Å². The van der Waals surface area contributed by atoms with Crippen molar-refractivity contribution in [1.29, 1.82) is 0 Å². The van der Waals surface area contributed by atoms with Crippen LogP contribution in [-0.4, -0.2) is 17.8 Å². The van der Waals surface area contributed by atoms with Crippen molar-refractivity contribution in [2.24, 2.45) is 23.5 Å². The van der Waals surface area contributed by atoms with E-state index < -0.39 is 12.0 Å². The average Bonchev–Trinajstić information content (AvgIpc) is 2.86. The second-order valence-corrected chi connectivity index (χ2v) is 6.21. The highest BCUT2D eigenvalue weighted by atomic mass is 35.5. The third-order valence-corrected chi connectivity index (χ3v) is 5.23. The zero-order valence-corrected chi connectivity index (χ0v) is 11.5. The molecule has 1 aromatic carbocycles. The smallest absolute Gasteiger partial charge is 0.128 e. The minimum atomic E-state index is -0.574. The Morgan fingerprint density at radius 3 is 2.63 bits per heavy atom. The number of benzene rings is 1. The lowest BCUT2D eigenvalue weighted by Crippen LogP contribution is -2.30. The standard InChI is InChI=1S/C15H19ClFNO/c16-11-5-2-6-12(17)14(11)10(7-18)15(19)13-8-3-1-4-9(8)13/h2,5-6,8-10,13,15,19H,1,3-4,7,18H2. The summed E-state index contributed by atoms with van der Waals surface area (Å²) < 4.78 is 14.0. The molecule has 4 atom stereocenters. The van der Waals surface area contributed by atoms with Crippen LogP contribution in [0.5, 0.6) is 0 Å². The van der Waals surface area contributed by atoms with Crippen LogP contribution in [0.15, 0.2) is 18.2 Å². The molecule has 0 radical (unpaired) electrons. The lowest BCUT2D eigenvalue weighted by atomic mass is 9.88. The van der Waals surface area contributed by atoms with Crippen molar-refractivity contribution in [3.63, 3.8) is 0 Å². The molecule has 3 rings (SSSR count). The van der Waals surface area contributed by atoms with Crippen LogP contribution in [-0.2, 0) is 0 Å². The molecule has 4 heteroatoms. The quantitative estimate of drug-likeness (QED) is 0.892. The van der Waals surface area contributed by atoms with Gasteiger partial charge in [-0.05, 0) is 42.7 Å². The van der Waals surface area contributed by atoms with Gasteiger partial charge in [-0.1, -0.05) is 24.1 Å². The summed E-state index contributed by atoms with van der Waals surface area (Å²) in [5.74, 6) is 0.763. The van der Waals surface area contributed by atoms with Gasteiger partial charge < -0.3 is 10.8 Å². The number of aliphatic hydroxyl groups excluding tert-OH is 1. The number of halogens is 2. The third kappa shape index (κ3) is 2.18. The number of rotatable bonds is 4. The van der Waals surface area contributed by atoms with Gasteiger partial charge in [-0.25, -0.2) is 4.39 Å². The summed E-state index contributed by atoms with van der Waals surface area (Å²) in [6.45, 7) is 0.220. The highest BCUT2D eigenvalue weighted by Gasteiger charge is 2.57. The van der Waals surface area contributed by atoms with E-state index in [1.165, 1.54) is 25.3 Å². The maximum Gasteiger partial charge on any atom is 0.128 e. The highest BCUT2D eigenvalue weighted by molar-refractivity contribution is 6.31. The largest absolute Gasteiger partial charge is 0.392 e. The molecule has 3 N–H and O–H groups in total. The topological polar surface area (TPSA) is 46.2 Å². The van der Waals surface area contributed by atoms with Crippen molar-refractivity contribution < 1.29 is 9.50 Å². The fraction of sp³-hybridized carbons (Fsp3) is 0.600. The van der Waals surface area contributed by atoms with Crippen LogP contribution in [0.25, 0.3) is 0 Å². The minimum absolute atomic E-state index is 0.220. The van der Waals surface area contributed by atoms with E-state index in [9.17, 15) is 9.50 Å². The Bertz CT molecular complexity index is 451. The van der Waals surface area contributed by atoms with Crippen molar-refractivity contribution in [2.75, 3.05) is 6.54 Å². The summed E-state index contributed by atoms with van der Waals surface area (Å²) in [4.78, 5) is 0. The van der Waals surface area contributed by atoms with Gasteiger partial charge in [0, 0.05) is 23.0 Å². The molecule has 0 spiro atoms. The van der Waals surface area contributed by atoms with Gasteiger partial charge in [0.1, 0.15) is 5.82 Å². The predicted octanol–water partition coefficient (Wildman–Crippen LogP) is 2.93. The molecule has 2 aliphatic carbocycles. The predicted molar refractivity (Wildman–Crippen MR) is 73.5 cm³/mol. The molecule has 0 amide bonds. The van der Waals surface area contributed by atoms with Crippen LogP contribution >= 0.6 is 11.6 Å². The molecular formula is C15H19ClFNO. The zero-order chi connectivity index (χ0) is 13.6. The number of aliphatic hydroxyl groups is 1. The average molecular weight is 284 g/mol. The summed E-state index contributed by atoms with van der Waals surface area (Å²) in [6, 6.07) is 4.61. The summed E-state index contributed by atoms with van der Waals surface area (Å²) >= 11 is 6.09. The molecule has 2 saturated carbocycles. The Balaban J connectivity index is 1.84. The Hall–Kier alpha value is -0.640. The van der Waals surface area contributed by atoms with E-state index in [1.54, 1.807) is 12.1 Å². The number of nitrogens with two attached hydrogens (primary N) is 1. The summed E-state index contributed by atoms with van der Waals surface area (Å²) in [5.41, 5.74) is 6.15. The molecule has 0 aliphatic heterocycles. The lowest BCUT2D eigenvalue weighted by molar-refractivity contribution is 0.107. The zero-order valence-electron chi connectivity index (χ0n) is 10.7. The molecule has 104 valence electrons. The minimum Gasteiger partial charge on any atom is -0.392 e. The Labute approximate surface area is 117 Å². The first-order valence-corrected chi connectivity index (χ1v) is 7.35. The second-order valence-electron chi connectivity index (χ2n) is 5.80. The summed E-state index contributed by atoms with van der Waals surface area (Å²) in [6.07, 6.45) is 3.06. The van der Waals surface area contributed by atoms with Gasteiger partial charge in [0.25, 0.3) is 0 Å². The van der Waals surface area contributed by atoms with Gasteiger partial charge in [0.2, 0.25) is 0 Å². The fourth-order valence-electron chi connectivity index (χ4n) is 3.94. The maximum atomic E-state index is 14.0. The van der Waals surface area contributed by atoms with E-state index >= 15 is 0 Å². The molecule has 0 saturated heterocycles. The highest BCUT2D eigenvalue weighted by Crippen LogP contribution is 2.60. The molecule has 2 aliphatic rings. The van der Waals surface area contributed by atoms with Gasteiger partial charge in [0.15, 0.2) is 0 Å². The summed E-state index contributed by atoms with van der Waals surface area (Å²) in [5, 5.41) is 10.9. The molecule has 2 nitrogen and oxygen atoms in total. The van der Waals surface area contributed by atoms with Crippen molar-refractivity contribution >= 4 is 11.6 Å². The number of hydrogen-bond donors (Lipinski definition) is 2. The lowest BCUT2D eigenvalue weighted by Gasteiger charge is -2.24. The number of fused-ring (bicyclic) bond motifs is 1. The number of hydrogen-bond acceptors (Lipinski definition) is 2. The fourth-order valence-corrected chi connectivity index (χ4v) is 4.25. The second kappa shape index (κ2) is 5.04. The molecule has 0 bridgehead atoms. The van der Waals surface area contributed by atoms with Gasteiger partial charge in [-0.3, -0.25) is 0 Å². The van der Waals surface area contributed by atoms with E-state index in [1.807, 2.05) is 0 Å². The van der Waals surface area contributed by atoms with E-state index in [2.05, 4.69) is 0 Å². The molecule has 19 heavy (non-hydrogen) atoms. The SMILES string of the molecule is NCC(c1c(F)cccc1Cl)C(O)C1C2CCCC21. The normalized spacial score (nSPS) is 31.9. The van der Waals surface area contributed by atoms with Crippen molar-refractivity contribution in [3.05, 3.63) is 34.6 Å². The molecular weight excluding hydrogens is 265 g/mol. The summed E-state index contributed by atoms with van der Waals surface area (Å²) in [7, 11) is 0. The van der Waals surface area contributed by atoms with Gasteiger partial charge in [-0.15, -0.1) is 0 Å². The Kier molecular flexibility index (Phi) is 3.54. The van der Waals surface area contributed by atoms with Gasteiger partial charge in [0.05, 0.1) is 6.10 Å². The van der Waals surface area contributed by atoms with Gasteiger partial charge in [-0.2, -0.15) is 0 Å². The Morgan fingerprint density at radius 1 is 1.37 bits per heavy atom. The molecule has 1 aromatic rings. The van der Waals surface area contributed by atoms with E-state index in [4.69, 9.17) is 17.3 Å². The Morgan fingerprint density at radius 2 is 2.05 bits per heavy atom. The van der Waals surface area contributed by atoms with E-state index in [0.29, 0.717) is 22.4 Å². The maximum absolute atomic E-state index is 14.0. The molecule has 4 unspecified atom stereocenters. The van der Waals surface area contributed by atoms with E-state index in [0.717, 1.165) is 0 Å². The van der Waals surface area contributed by atoms with Crippen LogP contribution in [0.4, 0.5) is 4.39 Å². The first-order chi connectivity index (χ1) is 9.15. The van der Waals surface area contributed by atoms with Crippen molar-refractivity contribution in [3.8, 4) is 0 Å². The van der Waals surface area contributed by atoms with Crippen LogP contribution in [0, 0.1) is 23.6 Å². The van der Waals surface area contributed by atoms with E-state index in [-0.39, 0.29) is 18.3 Å². The first kappa shape index (κ1) is 13.3. The van der Waals surface area contributed by atoms with Crippen LogP contribution in [0.2, 0.25) is 5.02 Å². The van der Waals surface area contributed by atoms with Crippen LogP contribution in [0.3, 0.4) is 0 Å². The molecule has 0 aromatic heterocycles. The first-order valence-electron chi connectivity index (χ1n) is 6.97.